The summed E-state index contributed by atoms with van der Waals surface area (Å²) in [5, 5.41) is 5.08. The number of amides is 2. The summed E-state index contributed by atoms with van der Waals surface area (Å²) < 4.78 is 0. The largest absolute Gasteiger partial charge is 0.368 e. The van der Waals surface area contributed by atoms with Gasteiger partial charge in [-0.1, -0.05) is 60.2 Å². The van der Waals surface area contributed by atoms with Crippen LogP contribution in [-0.2, 0) is 4.79 Å². The van der Waals surface area contributed by atoms with Crippen LogP contribution < -0.4 is 11.1 Å². The number of nitrogens with zero attached hydrogens (tertiary/aromatic N) is 1. The molecule has 5 nitrogen and oxygen atoms in total. The van der Waals surface area contributed by atoms with E-state index >= 15 is 0 Å². The van der Waals surface area contributed by atoms with E-state index in [1.165, 1.54) is 11.3 Å². The Morgan fingerprint density at radius 2 is 1.76 bits per heavy atom. The first-order valence-corrected chi connectivity index (χ1v) is 8.60. The molecule has 2 aromatic carbocycles. The lowest BCUT2D eigenvalue weighted by Gasteiger charge is -2.14. The van der Waals surface area contributed by atoms with Gasteiger partial charge in [0.2, 0.25) is 5.91 Å². The van der Waals surface area contributed by atoms with Gasteiger partial charge in [0.15, 0.2) is 0 Å². The molecule has 0 aliphatic heterocycles. The van der Waals surface area contributed by atoms with Crippen LogP contribution in [0.4, 0.5) is 0 Å². The lowest BCUT2D eigenvalue weighted by Crippen LogP contribution is -2.37. The zero-order valence-corrected chi connectivity index (χ0v) is 14.4. The summed E-state index contributed by atoms with van der Waals surface area (Å²) in [4.78, 5) is 28.5. The number of nitrogens with one attached hydrogen (secondary N) is 1. The average Bonchev–Trinajstić information content (AvgIpc) is 3.11. The van der Waals surface area contributed by atoms with Gasteiger partial charge in [0.25, 0.3) is 5.91 Å². The standard InChI is InChI=1S/C19H17N3O2S/c1-12-7-9-14(10-8-12)19-21-15(11-25-19)18(24)22-16(17(20)23)13-5-3-2-4-6-13/h2-11,16H,1H3,(H2,20,23)(H,22,24). The zero-order chi connectivity index (χ0) is 17.8. The second-order valence-electron chi connectivity index (χ2n) is 5.62. The molecule has 1 atom stereocenters. The Labute approximate surface area is 149 Å². The lowest BCUT2D eigenvalue weighted by atomic mass is 10.1. The average molecular weight is 351 g/mol. The number of aryl methyl sites for hydroxylation is 1. The van der Waals surface area contributed by atoms with Gasteiger partial charge in [-0.15, -0.1) is 11.3 Å². The van der Waals surface area contributed by atoms with Crippen LogP contribution >= 0.6 is 11.3 Å². The van der Waals surface area contributed by atoms with E-state index in [0.29, 0.717) is 5.56 Å². The van der Waals surface area contributed by atoms with Crippen molar-refractivity contribution in [3.63, 3.8) is 0 Å². The maximum absolute atomic E-state index is 12.5. The van der Waals surface area contributed by atoms with E-state index in [-0.39, 0.29) is 5.69 Å². The number of primary amides is 1. The highest BCUT2D eigenvalue weighted by Crippen LogP contribution is 2.24. The van der Waals surface area contributed by atoms with Crippen LogP contribution in [0, 0.1) is 6.92 Å². The number of thiazole rings is 1. The fourth-order valence-corrected chi connectivity index (χ4v) is 3.18. The molecule has 0 bridgehead atoms. The topological polar surface area (TPSA) is 85.1 Å². The van der Waals surface area contributed by atoms with E-state index < -0.39 is 17.9 Å². The van der Waals surface area contributed by atoms with Crippen LogP contribution in [0.3, 0.4) is 0 Å². The number of carbonyl (C=O) groups excluding carboxylic acids is 2. The number of aromatic nitrogens is 1. The van der Waals surface area contributed by atoms with Crippen LogP contribution in [-0.4, -0.2) is 16.8 Å². The SMILES string of the molecule is Cc1ccc(-c2nc(C(=O)NC(C(N)=O)c3ccccc3)cs2)cc1. The molecular formula is C19H17N3O2S. The normalized spacial score (nSPS) is 11.7. The van der Waals surface area contributed by atoms with Crippen molar-refractivity contribution in [1.29, 1.82) is 0 Å². The predicted molar refractivity (Wildman–Crippen MR) is 98.1 cm³/mol. The molecule has 0 aliphatic rings. The fourth-order valence-electron chi connectivity index (χ4n) is 2.38. The highest BCUT2D eigenvalue weighted by molar-refractivity contribution is 7.13. The van der Waals surface area contributed by atoms with Crippen molar-refractivity contribution in [2.75, 3.05) is 0 Å². The first-order chi connectivity index (χ1) is 12.0. The molecule has 6 heteroatoms. The molecule has 0 fully saturated rings. The van der Waals surface area contributed by atoms with Gasteiger partial charge < -0.3 is 11.1 Å². The Balaban J connectivity index is 1.79. The molecule has 1 aromatic heterocycles. The maximum atomic E-state index is 12.5. The molecule has 2 amide bonds. The van der Waals surface area contributed by atoms with Crippen LogP contribution in [0.25, 0.3) is 10.6 Å². The maximum Gasteiger partial charge on any atom is 0.271 e. The van der Waals surface area contributed by atoms with Gasteiger partial charge in [0, 0.05) is 10.9 Å². The summed E-state index contributed by atoms with van der Waals surface area (Å²) in [5.41, 5.74) is 8.44. The Bertz CT molecular complexity index is 889. The highest BCUT2D eigenvalue weighted by Gasteiger charge is 2.22. The molecule has 0 saturated heterocycles. The van der Waals surface area contributed by atoms with Crippen LogP contribution in [0.1, 0.15) is 27.7 Å². The number of rotatable bonds is 5. The zero-order valence-electron chi connectivity index (χ0n) is 13.6. The first-order valence-electron chi connectivity index (χ1n) is 7.72. The molecule has 0 saturated carbocycles. The Hall–Kier alpha value is -2.99. The third kappa shape index (κ3) is 3.92. The molecule has 3 rings (SSSR count). The molecule has 1 unspecified atom stereocenters. The summed E-state index contributed by atoms with van der Waals surface area (Å²) in [6.07, 6.45) is 0. The molecule has 0 radical (unpaired) electrons. The molecular weight excluding hydrogens is 334 g/mol. The third-order valence-corrected chi connectivity index (χ3v) is 4.62. The van der Waals surface area contributed by atoms with Gasteiger partial charge in [-0.05, 0) is 12.5 Å². The van der Waals surface area contributed by atoms with Crippen molar-refractivity contribution in [2.24, 2.45) is 5.73 Å². The molecule has 1 heterocycles. The van der Waals surface area contributed by atoms with Crippen molar-refractivity contribution >= 4 is 23.2 Å². The van der Waals surface area contributed by atoms with Gasteiger partial charge in [-0.2, -0.15) is 0 Å². The quantitative estimate of drug-likeness (QED) is 0.741. The number of nitrogens with two attached hydrogens (primary N) is 1. The lowest BCUT2D eigenvalue weighted by molar-refractivity contribution is -0.120. The molecule has 126 valence electrons. The minimum absolute atomic E-state index is 0.266. The number of benzene rings is 2. The highest BCUT2D eigenvalue weighted by atomic mass is 32.1. The number of hydrogen-bond acceptors (Lipinski definition) is 4. The fraction of sp³-hybridized carbons (Fsp3) is 0.105. The van der Waals surface area contributed by atoms with Gasteiger partial charge in [0.05, 0.1) is 0 Å². The Kier molecular flexibility index (Phi) is 4.90. The van der Waals surface area contributed by atoms with Crippen molar-refractivity contribution in [1.82, 2.24) is 10.3 Å². The molecule has 3 aromatic rings. The summed E-state index contributed by atoms with van der Waals surface area (Å²) >= 11 is 1.38. The van der Waals surface area contributed by atoms with E-state index in [9.17, 15) is 9.59 Å². The van der Waals surface area contributed by atoms with E-state index in [0.717, 1.165) is 16.1 Å². The molecule has 0 aliphatic carbocycles. The molecule has 0 spiro atoms. The third-order valence-electron chi connectivity index (χ3n) is 3.73. The minimum atomic E-state index is -0.891. The van der Waals surface area contributed by atoms with Gasteiger partial charge in [0.1, 0.15) is 16.7 Å². The summed E-state index contributed by atoms with van der Waals surface area (Å²) in [6.45, 7) is 2.01. The van der Waals surface area contributed by atoms with E-state index in [1.54, 1.807) is 29.6 Å². The predicted octanol–water partition coefficient (Wildman–Crippen LogP) is 3.07. The Morgan fingerprint density at radius 3 is 2.40 bits per heavy atom. The van der Waals surface area contributed by atoms with Crippen molar-refractivity contribution in [3.05, 3.63) is 76.8 Å². The first kappa shape index (κ1) is 16.9. The van der Waals surface area contributed by atoms with Gasteiger partial charge in [-0.3, -0.25) is 9.59 Å². The monoisotopic (exact) mass is 351 g/mol. The van der Waals surface area contributed by atoms with Gasteiger partial charge >= 0.3 is 0 Å². The van der Waals surface area contributed by atoms with E-state index in [4.69, 9.17) is 5.73 Å². The second kappa shape index (κ2) is 7.27. The van der Waals surface area contributed by atoms with Crippen molar-refractivity contribution in [2.45, 2.75) is 13.0 Å². The van der Waals surface area contributed by atoms with E-state index in [2.05, 4.69) is 10.3 Å². The van der Waals surface area contributed by atoms with Crippen LogP contribution in [0.2, 0.25) is 0 Å². The van der Waals surface area contributed by atoms with Crippen LogP contribution in [0.5, 0.6) is 0 Å². The summed E-state index contributed by atoms with van der Waals surface area (Å²) in [5.74, 6) is -1.05. The van der Waals surface area contributed by atoms with Gasteiger partial charge in [-0.25, -0.2) is 4.98 Å². The van der Waals surface area contributed by atoms with Crippen molar-refractivity contribution < 1.29 is 9.59 Å². The van der Waals surface area contributed by atoms with E-state index in [1.807, 2.05) is 37.3 Å². The smallest absolute Gasteiger partial charge is 0.271 e. The summed E-state index contributed by atoms with van der Waals surface area (Å²) in [6, 6.07) is 15.9. The molecule has 3 N–H and O–H groups in total. The van der Waals surface area contributed by atoms with Crippen molar-refractivity contribution in [3.8, 4) is 10.6 Å². The molecule has 25 heavy (non-hydrogen) atoms. The van der Waals surface area contributed by atoms with Crippen LogP contribution in [0.15, 0.2) is 60.0 Å². The number of carbonyl (C=O) groups is 2. The Morgan fingerprint density at radius 1 is 1.08 bits per heavy atom. The minimum Gasteiger partial charge on any atom is -0.368 e. The number of hydrogen-bond donors (Lipinski definition) is 2. The second-order valence-corrected chi connectivity index (χ2v) is 6.48. The summed E-state index contributed by atoms with van der Waals surface area (Å²) in [7, 11) is 0.